The van der Waals surface area contributed by atoms with Gasteiger partial charge in [-0.05, 0) is 30.5 Å². The number of nitrogens with one attached hydrogen (secondary N) is 1. The van der Waals surface area contributed by atoms with Crippen LogP contribution in [0.4, 0.5) is 10.2 Å². The smallest absolute Gasteiger partial charge is 0.273 e. The van der Waals surface area contributed by atoms with Crippen LogP contribution in [-0.4, -0.2) is 22.4 Å². The summed E-state index contributed by atoms with van der Waals surface area (Å²) in [5.74, 6) is -0.463. The van der Waals surface area contributed by atoms with Crippen LogP contribution >= 0.6 is 0 Å². The van der Waals surface area contributed by atoms with Crippen molar-refractivity contribution >= 4 is 11.7 Å². The standard InChI is InChI=1S/C17H19FN4O/c18-13-5-3-12(4-6-13)17(7-1-2-8-17)11-22-16(23)14-15(19)21-10-9-20-14/h3-6,9-10H,1-2,7-8,11H2,(H2,19,21)(H,22,23). The highest BCUT2D eigenvalue weighted by molar-refractivity contribution is 5.96. The fraction of sp³-hybridized carbons (Fsp3) is 0.353. The fourth-order valence-electron chi connectivity index (χ4n) is 3.28. The van der Waals surface area contributed by atoms with Crippen molar-refractivity contribution < 1.29 is 9.18 Å². The van der Waals surface area contributed by atoms with Crippen LogP contribution < -0.4 is 11.1 Å². The van der Waals surface area contributed by atoms with Gasteiger partial charge in [0.05, 0.1) is 0 Å². The zero-order valence-corrected chi connectivity index (χ0v) is 12.8. The molecule has 2 aromatic rings. The molecule has 0 atom stereocenters. The molecule has 0 spiro atoms. The topological polar surface area (TPSA) is 80.9 Å². The number of nitrogen functional groups attached to an aromatic ring is 1. The van der Waals surface area contributed by atoms with Crippen LogP contribution in [0.25, 0.3) is 0 Å². The molecule has 3 N–H and O–H groups in total. The zero-order valence-electron chi connectivity index (χ0n) is 12.8. The number of amides is 1. The second-order valence-corrected chi connectivity index (χ2v) is 5.97. The molecular weight excluding hydrogens is 295 g/mol. The molecule has 23 heavy (non-hydrogen) atoms. The Bertz CT molecular complexity index is 696. The highest BCUT2D eigenvalue weighted by Crippen LogP contribution is 2.40. The van der Waals surface area contributed by atoms with E-state index in [9.17, 15) is 9.18 Å². The van der Waals surface area contributed by atoms with Gasteiger partial charge in [-0.1, -0.05) is 25.0 Å². The second-order valence-electron chi connectivity index (χ2n) is 5.97. The van der Waals surface area contributed by atoms with Gasteiger partial charge in [-0.2, -0.15) is 0 Å². The maximum Gasteiger partial charge on any atom is 0.273 e. The second kappa shape index (κ2) is 6.32. The highest BCUT2D eigenvalue weighted by atomic mass is 19.1. The first-order chi connectivity index (χ1) is 11.1. The van der Waals surface area contributed by atoms with Gasteiger partial charge in [0.15, 0.2) is 11.5 Å². The number of anilines is 1. The van der Waals surface area contributed by atoms with E-state index in [2.05, 4.69) is 15.3 Å². The van der Waals surface area contributed by atoms with Gasteiger partial charge in [-0.25, -0.2) is 14.4 Å². The molecule has 1 amide bonds. The van der Waals surface area contributed by atoms with Crippen molar-refractivity contribution in [1.82, 2.24) is 15.3 Å². The lowest BCUT2D eigenvalue weighted by molar-refractivity contribution is 0.0938. The maximum absolute atomic E-state index is 13.2. The fourth-order valence-corrected chi connectivity index (χ4v) is 3.28. The molecule has 1 saturated carbocycles. The van der Waals surface area contributed by atoms with Crippen LogP contribution in [0, 0.1) is 5.82 Å². The molecule has 0 aliphatic heterocycles. The summed E-state index contributed by atoms with van der Waals surface area (Å²) < 4.78 is 13.2. The van der Waals surface area contributed by atoms with Crippen molar-refractivity contribution in [2.75, 3.05) is 12.3 Å². The maximum atomic E-state index is 13.2. The Balaban J connectivity index is 1.77. The molecule has 120 valence electrons. The van der Waals surface area contributed by atoms with E-state index >= 15 is 0 Å². The van der Waals surface area contributed by atoms with Crippen molar-refractivity contribution in [2.45, 2.75) is 31.1 Å². The molecule has 5 nitrogen and oxygen atoms in total. The first kappa shape index (κ1) is 15.4. The average Bonchev–Trinajstić information content (AvgIpc) is 3.04. The number of nitrogens with zero attached hydrogens (tertiary/aromatic N) is 2. The Morgan fingerprint density at radius 3 is 2.48 bits per heavy atom. The molecule has 3 rings (SSSR count). The van der Waals surface area contributed by atoms with Crippen molar-refractivity contribution in [1.29, 1.82) is 0 Å². The summed E-state index contributed by atoms with van der Waals surface area (Å²) in [4.78, 5) is 20.2. The van der Waals surface area contributed by atoms with Crippen LogP contribution in [0.15, 0.2) is 36.7 Å². The minimum Gasteiger partial charge on any atom is -0.382 e. The monoisotopic (exact) mass is 314 g/mol. The minimum atomic E-state index is -0.330. The Labute approximate surface area is 134 Å². The lowest BCUT2D eigenvalue weighted by Crippen LogP contribution is -2.39. The van der Waals surface area contributed by atoms with E-state index in [4.69, 9.17) is 5.73 Å². The summed E-state index contributed by atoms with van der Waals surface area (Å²) >= 11 is 0. The van der Waals surface area contributed by atoms with E-state index in [1.54, 1.807) is 0 Å². The van der Waals surface area contributed by atoms with E-state index < -0.39 is 0 Å². The van der Waals surface area contributed by atoms with Gasteiger partial charge in [0, 0.05) is 24.4 Å². The van der Waals surface area contributed by atoms with Crippen LogP contribution in [0.1, 0.15) is 41.7 Å². The van der Waals surface area contributed by atoms with Gasteiger partial charge >= 0.3 is 0 Å². The number of carbonyl (C=O) groups excluding carboxylic acids is 1. The molecule has 1 aliphatic carbocycles. The first-order valence-corrected chi connectivity index (χ1v) is 7.71. The summed E-state index contributed by atoms with van der Waals surface area (Å²) in [5, 5.41) is 2.92. The van der Waals surface area contributed by atoms with E-state index in [1.807, 2.05) is 12.1 Å². The number of hydrogen-bond donors (Lipinski definition) is 2. The quantitative estimate of drug-likeness (QED) is 0.908. The number of carbonyl (C=O) groups is 1. The molecule has 1 aromatic heterocycles. The molecule has 0 bridgehead atoms. The normalized spacial score (nSPS) is 16.2. The van der Waals surface area contributed by atoms with Crippen LogP contribution in [0.5, 0.6) is 0 Å². The minimum absolute atomic E-state index is 0.118. The van der Waals surface area contributed by atoms with Gasteiger partial charge < -0.3 is 11.1 Å². The van der Waals surface area contributed by atoms with Gasteiger partial charge in [-0.15, -0.1) is 0 Å². The Morgan fingerprint density at radius 1 is 1.17 bits per heavy atom. The van der Waals surface area contributed by atoms with Crippen LogP contribution in [0.3, 0.4) is 0 Å². The predicted octanol–water partition coefficient (Wildman–Crippen LogP) is 2.44. The van der Waals surface area contributed by atoms with Crippen molar-refractivity contribution in [3.8, 4) is 0 Å². The highest BCUT2D eigenvalue weighted by Gasteiger charge is 2.36. The lowest BCUT2D eigenvalue weighted by Gasteiger charge is -2.30. The van der Waals surface area contributed by atoms with E-state index in [0.29, 0.717) is 6.54 Å². The zero-order chi connectivity index (χ0) is 16.3. The van der Waals surface area contributed by atoms with Gasteiger partial charge in [0.25, 0.3) is 5.91 Å². The van der Waals surface area contributed by atoms with E-state index in [0.717, 1.165) is 31.2 Å². The molecule has 0 radical (unpaired) electrons. The number of rotatable bonds is 4. The van der Waals surface area contributed by atoms with Crippen LogP contribution in [0.2, 0.25) is 0 Å². The largest absolute Gasteiger partial charge is 0.382 e. The lowest BCUT2D eigenvalue weighted by atomic mass is 9.79. The molecular formula is C17H19FN4O. The molecule has 1 aliphatic rings. The third-order valence-electron chi connectivity index (χ3n) is 4.55. The number of nitrogens with two attached hydrogens (primary N) is 1. The molecule has 1 aromatic carbocycles. The third kappa shape index (κ3) is 3.16. The summed E-state index contributed by atoms with van der Waals surface area (Å²) in [6, 6.07) is 6.56. The predicted molar refractivity (Wildman–Crippen MR) is 85.3 cm³/mol. The number of hydrogen-bond acceptors (Lipinski definition) is 4. The summed E-state index contributed by atoms with van der Waals surface area (Å²) in [6.45, 7) is 0.480. The first-order valence-electron chi connectivity index (χ1n) is 7.71. The number of halogens is 1. The molecule has 1 heterocycles. The number of benzene rings is 1. The third-order valence-corrected chi connectivity index (χ3v) is 4.55. The molecule has 0 saturated heterocycles. The summed E-state index contributed by atoms with van der Waals surface area (Å²) in [7, 11) is 0. The Hall–Kier alpha value is -2.50. The Kier molecular flexibility index (Phi) is 4.23. The van der Waals surface area contributed by atoms with Crippen molar-refractivity contribution in [3.05, 3.63) is 53.7 Å². The van der Waals surface area contributed by atoms with Crippen LogP contribution in [-0.2, 0) is 5.41 Å². The molecule has 1 fully saturated rings. The van der Waals surface area contributed by atoms with Gasteiger partial charge in [0.1, 0.15) is 5.82 Å². The summed E-state index contributed by atoms with van der Waals surface area (Å²) in [5.41, 5.74) is 6.74. The van der Waals surface area contributed by atoms with Crippen molar-refractivity contribution in [2.24, 2.45) is 0 Å². The summed E-state index contributed by atoms with van der Waals surface area (Å²) in [6.07, 6.45) is 7.02. The van der Waals surface area contributed by atoms with Crippen molar-refractivity contribution in [3.63, 3.8) is 0 Å². The Morgan fingerprint density at radius 2 is 1.83 bits per heavy atom. The van der Waals surface area contributed by atoms with Gasteiger partial charge in [-0.3, -0.25) is 4.79 Å². The van der Waals surface area contributed by atoms with E-state index in [1.165, 1.54) is 24.5 Å². The SMILES string of the molecule is Nc1nccnc1C(=O)NCC1(c2ccc(F)cc2)CCCC1. The number of aromatic nitrogens is 2. The molecule has 0 unspecified atom stereocenters. The van der Waals surface area contributed by atoms with E-state index in [-0.39, 0.29) is 28.7 Å². The average molecular weight is 314 g/mol. The van der Waals surface area contributed by atoms with Gasteiger partial charge in [0.2, 0.25) is 0 Å². The molecule has 6 heteroatoms.